The summed E-state index contributed by atoms with van der Waals surface area (Å²) in [6.07, 6.45) is 2.00. The van der Waals surface area contributed by atoms with Crippen molar-refractivity contribution in [2.45, 2.75) is 28.5 Å². The molecular formula is C32H30BrCl2N3O7. The van der Waals surface area contributed by atoms with Gasteiger partial charge in [0, 0.05) is 24.7 Å². The van der Waals surface area contributed by atoms with Gasteiger partial charge in [-0.05, 0) is 60.7 Å². The lowest BCUT2D eigenvalue weighted by molar-refractivity contribution is -0.138. The molecule has 1 N–H and O–H groups in total. The molecule has 236 valence electrons. The number of ether oxygens (including phenoxy) is 2. The number of aromatic hydroxyl groups is 1. The van der Waals surface area contributed by atoms with Crippen LogP contribution in [0.15, 0.2) is 54.1 Å². The highest BCUT2D eigenvalue weighted by Gasteiger charge is 2.76. The molecule has 2 aliphatic carbocycles. The summed E-state index contributed by atoms with van der Waals surface area (Å²) in [6.45, 7) is 2.78. The Morgan fingerprint density at radius 3 is 2.31 bits per heavy atom. The highest BCUT2D eigenvalue weighted by molar-refractivity contribution is 9.09. The van der Waals surface area contributed by atoms with E-state index >= 15 is 0 Å². The molecule has 13 heteroatoms. The molecule has 5 aliphatic rings. The number of anilines is 2. The molecule has 3 saturated heterocycles. The molecule has 3 heterocycles. The second-order valence-corrected chi connectivity index (χ2v) is 13.8. The molecule has 0 radical (unpaired) electrons. The van der Waals surface area contributed by atoms with Crippen molar-refractivity contribution in [1.29, 1.82) is 0 Å². The lowest BCUT2D eigenvalue weighted by Crippen LogP contribution is -2.60. The smallest absolute Gasteiger partial charge is 0.254 e. The summed E-state index contributed by atoms with van der Waals surface area (Å²) in [7, 11) is 1.42. The fourth-order valence-electron chi connectivity index (χ4n) is 7.90. The number of halogens is 3. The van der Waals surface area contributed by atoms with Gasteiger partial charge in [0.25, 0.3) is 11.8 Å². The summed E-state index contributed by atoms with van der Waals surface area (Å²) < 4.78 is 10.7. The number of methoxy groups -OCH3 is 1. The lowest BCUT2D eigenvalue weighted by atomic mass is 9.56. The third-order valence-corrected chi connectivity index (χ3v) is 12.0. The van der Waals surface area contributed by atoms with Gasteiger partial charge in [-0.15, -0.1) is 23.2 Å². The zero-order chi connectivity index (χ0) is 31.8. The van der Waals surface area contributed by atoms with Crippen molar-refractivity contribution in [1.82, 2.24) is 4.90 Å². The Morgan fingerprint density at radius 1 is 0.978 bits per heavy atom. The van der Waals surface area contributed by atoms with Crippen LogP contribution < -0.4 is 14.5 Å². The van der Waals surface area contributed by atoms with Crippen molar-refractivity contribution in [2.24, 2.45) is 17.8 Å². The second-order valence-electron chi connectivity index (χ2n) is 12.0. The number of carbonyl (C=O) groups excluding carboxylic acids is 4. The summed E-state index contributed by atoms with van der Waals surface area (Å²) in [4.78, 5) is 56.4. The molecule has 45 heavy (non-hydrogen) atoms. The number of alkyl halides is 3. The molecule has 0 spiro atoms. The number of nitrogens with zero attached hydrogens (tertiary/aromatic N) is 3. The number of phenols is 1. The molecule has 4 amide bonds. The number of rotatable bonds is 5. The Balaban J connectivity index is 1.29. The summed E-state index contributed by atoms with van der Waals surface area (Å²) >= 11 is 17.7. The van der Waals surface area contributed by atoms with E-state index in [1.54, 1.807) is 24.3 Å². The maximum atomic E-state index is 14.3. The Bertz CT molecular complexity index is 1650. The van der Waals surface area contributed by atoms with E-state index in [0.29, 0.717) is 30.0 Å². The SMILES string of the molecule is COc1ccc(C2C3=CCC4C(=O)N(c5ccc(N6CCOCC6)cc5)C(=O)C4C3CC3(Cl)C(=O)N(CBr)C(=O)C23Cl)cc1O. The van der Waals surface area contributed by atoms with Crippen LogP contribution in [0.5, 0.6) is 11.5 Å². The maximum absolute atomic E-state index is 14.3. The summed E-state index contributed by atoms with van der Waals surface area (Å²) in [5.74, 6) is -5.13. The van der Waals surface area contributed by atoms with E-state index in [-0.39, 0.29) is 41.6 Å². The van der Waals surface area contributed by atoms with E-state index in [2.05, 4.69) is 20.8 Å². The molecule has 6 atom stereocenters. The Kier molecular flexibility index (Phi) is 7.46. The number of hydrogen-bond acceptors (Lipinski definition) is 8. The minimum Gasteiger partial charge on any atom is -0.504 e. The van der Waals surface area contributed by atoms with Crippen LogP contribution in [-0.4, -0.2) is 82.3 Å². The number of benzene rings is 2. The Morgan fingerprint density at radius 2 is 1.67 bits per heavy atom. The molecule has 2 aromatic carbocycles. The van der Waals surface area contributed by atoms with E-state index in [1.807, 2.05) is 18.2 Å². The van der Waals surface area contributed by atoms with Crippen LogP contribution >= 0.6 is 39.1 Å². The van der Waals surface area contributed by atoms with Crippen molar-refractivity contribution in [3.8, 4) is 11.5 Å². The molecule has 1 saturated carbocycles. The predicted molar refractivity (Wildman–Crippen MR) is 170 cm³/mol. The predicted octanol–water partition coefficient (Wildman–Crippen LogP) is 4.15. The van der Waals surface area contributed by atoms with Gasteiger partial charge in [0.1, 0.15) is 0 Å². The zero-order valence-electron chi connectivity index (χ0n) is 24.3. The third-order valence-electron chi connectivity index (χ3n) is 10.0. The van der Waals surface area contributed by atoms with E-state index in [9.17, 15) is 24.3 Å². The number of likely N-dealkylation sites (tertiary alicyclic amines) is 1. The van der Waals surface area contributed by atoms with Gasteiger partial charge in [0.15, 0.2) is 21.2 Å². The first-order chi connectivity index (χ1) is 21.6. The van der Waals surface area contributed by atoms with Gasteiger partial charge < -0.3 is 19.5 Å². The van der Waals surface area contributed by atoms with Crippen molar-refractivity contribution in [3.63, 3.8) is 0 Å². The first-order valence-corrected chi connectivity index (χ1v) is 16.6. The number of imide groups is 2. The number of allylic oxidation sites excluding steroid dienone is 2. The van der Waals surface area contributed by atoms with Crippen LogP contribution in [0, 0.1) is 17.8 Å². The van der Waals surface area contributed by atoms with Gasteiger partial charge in [-0.25, -0.2) is 0 Å². The van der Waals surface area contributed by atoms with Crippen LogP contribution in [-0.2, 0) is 23.9 Å². The highest BCUT2D eigenvalue weighted by Crippen LogP contribution is 2.65. The summed E-state index contributed by atoms with van der Waals surface area (Å²) in [5.41, 5.74) is 2.41. The minimum absolute atomic E-state index is 0.111. The van der Waals surface area contributed by atoms with E-state index < -0.39 is 45.2 Å². The number of fused-ring (bicyclic) bond motifs is 4. The van der Waals surface area contributed by atoms with Crippen molar-refractivity contribution >= 4 is 74.1 Å². The molecule has 2 aromatic rings. The Labute approximate surface area is 277 Å². The first-order valence-electron chi connectivity index (χ1n) is 14.7. The molecule has 0 bridgehead atoms. The molecular weight excluding hydrogens is 689 g/mol. The van der Waals surface area contributed by atoms with Crippen LogP contribution in [0.1, 0.15) is 24.3 Å². The first kappa shape index (κ1) is 30.5. The molecule has 4 fully saturated rings. The topological polar surface area (TPSA) is 117 Å². The van der Waals surface area contributed by atoms with Crippen LogP contribution in [0.25, 0.3) is 0 Å². The van der Waals surface area contributed by atoms with Gasteiger partial charge >= 0.3 is 0 Å². The molecule has 10 nitrogen and oxygen atoms in total. The second kappa shape index (κ2) is 11.0. The van der Waals surface area contributed by atoms with Gasteiger partial charge in [-0.3, -0.25) is 29.0 Å². The largest absolute Gasteiger partial charge is 0.504 e. The third kappa shape index (κ3) is 4.23. The monoisotopic (exact) mass is 717 g/mol. The fraction of sp³-hybridized carbons (Fsp3) is 0.438. The summed E-state index contributed by atoms with van der Waals surface area (Å²) in [5, 5.41) is 10.7. The number of phenolic OH excluding ortho intramolecular Hbond substituents is 1. The lowest BCUT2D eigenvalue weighted by Gasteiger charge is -2.50. The van der Waals surface area contributed by atoms with Gasteiger partial charge in [0.05, 0.1) is 43.3 Å². The van der Waals surface area contributed by atoms with Crippen molar-refractivity contribution < 1.29 is 33.8 Å². The van der Waals surface area contributed by atoms with Gasteiger partial charge in [-0.2, -0.15) is 0 Å². The van der Waals surface area contributed by atoms with Crippen molar-refractivity contribution in [3.05, 3.63) is 59.7 Å². The molecule has 6 unspecified atom stereocenters. The van der Waals surface area contributed by atoms with Gasteiger partial charge in [0.2, 0.25) is 11.8 Å². The summed E-state index contributed by atoms with van der Waals surface area (Å²) in [6, 6.07) is 12.0. The molecule has 3 aliphatic heterocycles. The molecule has 0 aromatic heterocycles. The van der Waals surface area contributed by atoms with Crippen molar-refractivity contribution in [2.75, 3.05) is 48.7 Å². The number of hydrogen-bond donors (Lipinski definition) is 1. The van der Waals surface area contributed by atoms with E-state index in [0.717, 1.165) is 23.7 Å². The zero-order valence-corrected chi connectivity index (χ0v) is 27.3. The van der Waals surface area contributed by atoms with E-state index in [1.165, 1.54) is 18.1 Å². The highest BCUT2D eigenvalue weighted by atomic mass is 79.9. The van der Waals surface area contributed by atoms with Crippen LogP contribution in [0.3, 0.4) is 0 Å². The molecule has 7 rings (SSSR count). The number of carbonyl (C=O) groups is 4. The standard InChI is InChI=1S/C32H30BrCl2N3O7/c1-44-24-9-2-17(14-23(24)39)26-20-7-8-21-25(22(20)15-31(34)29(42)37(16-33)30(43)32(26,31)35)28(41)38(27(21)40)19-5-3-18(4-6-19)36-10-12-45-13-11-36/h2-7,9,14,21-22,25-26,39H,8,10-13,15-16H2,1H3. The normalized spacial score (nSPS) is 32.8. The average Bonchev–Trinajstić information content (AvgIpc) is 3.38. The quantitative estimate of drug-likeness (QED) is 0.212. The number of amides is 4. The fourth-order valence-corrected chi connectivity index (χ4v) is 9.33. The van der Waals surface area contributed by atoms with Crippen LogP contribution in [0.4, 0.5) is 11.4 Å². The number of morpholine rings is 1. The minimum atomic E-state index is -1.95. The van der Waals surface area contributed by atoms with Gasteiger partial charge in [-0.1, -0.05) is 33.6 Å². The van der Waals surface area contributed by atoms with E-state index in [4.69, 9.17) is 32.7 Å². The maximum Gasteiger partial charge on any atom is 0.254 e. The average molecular weight is 719 g/mol. The Hall–Kier alpha value is -3.12. The van der Waals surface area contributed by atoms with Crippen LogP contribution in [0.2, 0.25) is 0 Å².